The highest BCUT2D eigenvalue weighted by Crippen LogP contribution is 2.38. The maximum atomic E-state index is 10.3. The van der Waals surface area contributed by atoms with Crippen molar-refractivity contribution in [3.63, 3.8) is 0 Å². The van der Waals surface area contributed by atoms with Crippen LogP contribution in [0.5, 0.6) is 5.75 Å². The summed E-state index contributed by atoms with van der Waals surface area (Å²) in [5, 5.41) is 10.9. The van der Waals surface area contributed by atoms with E-state index in [-0.39, 0.29) is 0 Å². The molecule has 4 heteroatoms. The van der Waals surface area contributed by atoms with E-state index in [4.69, 9.17) is 16.3 Å². The van der Waals surface area contributed by atoms with E-state index in [0.29, 0.717) is 29.7 Å². The maximum absolute atomic E-state index is 10.3. The molecular weight excluding hydrogens is 274 g/mol. The molecule has 1 aromatic heterocycles. The number of halogens is 1. The van der Waals surface area contributed by atoms with Gasteiger partial charge in [-0.1, -0.05) is 29.8 Å². The van der Waals surface area contributed by atoms with E-state index in [1.54, 1.807) is 18.3 Å². The molecule has 1 aliphatic rings. The molecule has 0 saturated heterocycles. The van der Waals surface area contributed by atoms with Gasteiger partial charge in [0.2, 0.25) is 0 Å². The zero-order valence-electron chi connectivity index (χ0n) is 11.0. The molecule has 3 rings (SSSR count). The fourth-order valence-electron chi connectivity index (χ4n) is 2.64. The van der Waals surface area contributed by atoms with E-state index in [1.807, 2.05) is 18.2 Å². The van der Waals surface area contributed by atoms with E-state index in [0.717, 1.165) is 12.2 Å². The standard InChI is InChI=1S/C16H16ClNO2/c17-12-5-6-14(18-10-12)15(19)9-11-7-8-20-16-4-2-1-3-13(11)16/h1-6,10-11,15,19H,7-9H2. The Morgan fingerprint density at radius 2 is 2.15 bits per heavy atom. The summed E-state index contributed by atoms with van der Waals surface area (Å²) in [6.45, 7) is 0.697. The Hall–Kier alpha value is -1.58. The minimum atomic E-state index is -0.580. The predicted octanol–water partition coefficient (Wildman–Crippen LogP) is 3.72. The molecule has 2 atom stereocenters. The SMILES string of the molecule is OC(CC1CCOc2ccccc21)c1ccc(Cl)cn1. The lowest BCUT2D eigenvalue weighted by molar-refractivity contribution is 0.141. The van der Waals surface area contributed by atoms with Crippen LogP contribution < -0.4 is 4.74 Å². The summed E-state index contributed by atoms with van der Waals surface area (Å²) < 4.78 is 5.64. The number of nitrogens with zero attached hydrogens (tertiary/aromatic N) is 1. The zero-order chi connectivity index (χ0) is 13.9. The van der Waals surface area contributed by atoms with Crippen LogP contribution in [0.1, 0.15) is 36.1 Å². The van der Waals surface area contributed by atoms with Crippen LogP contribution in [0.3, 0.4) is 0 Å². The van der Waals surface area contributed by atoms with Gasteiger partial charge < -0.3 is 9.84 Å². The van der Waals surface area contributed by atoms with Crippen LogP contribution in [-0.2, 0) is 0 Å². The Morgan fingerprint density at radius 3 is 2.95 bits per heavy atom. The molecule has 1 aliphatic heterocycles. The lowest BCUT2D eigenvalue weighted by Gasteiger charge is -2.27. The fraction of sp³-hybridized carbons (Fsp3) is 0.312. The number of fused-ring (bicyclic) bond motifs is 1. The van der Waals surface area contributed by atoms with Crippen LogP contribution in [0.4, 0.5) is 0 Å². The first-order chi connectivity index (χ1) is 9.74. The van der Waals surface area contributed by atoms with Crippen molar-refractivity contribution >= 4 is 11.6 Å². The van der Waals surface area contributed by atoms with Crippen LogP contribution >= 0.6 is 11.6 Å². The maximum Gasteiger partial charge on any atom is 0.122 e. The largest absolute Gasteiger partial charge is 0.493 e. The number of ether oxygens (including phenoxy) is 1. The second-order valence-electron chi connectivity index (χ2n) is 5.02. The molecule has 0 fully saturated rings. The quantitative estimate of drug-likeness (QED) is 0.936. The van der Waals surface area contributed by atoms with Crippen molar-refractivity contribution in [3.05, 3.63) is 58.9 Å². The Kier molecular flexibility index (Phi) is 3.90. The summed E-state index contributed by atoms with van der Waals surface area (Å²) in [6, 6.07) is 11.6. The third kappa shape index (κ3) is 2.79. The predicted molar refractivity (Wildman–Crippen MR) is 78.1 cm³/mol. The Labute approximate surface area is 123 Å². The number of benzene rings is 1. The van der Waals surface area contributed by atoms with Crippen molar-refractivity contribution < 1.29 is 9.84 Å². The third-order valence-electron chi connectivity index (χ3n) is 3.68. The van der Waals surface area contributed by atoms with E-state index in [2.05, 4.69) is 11.1 Å². The minimum absolute atomic E-state index is 0.299. The van der Waals surface area contributed by atoms with Crippen molar-refractivity contribution in [3.8, 4) is 5.75 Å². The fourth-order valence-corrected chi connectivity index (χ4v) is 2.75. The van der Waals surface area contributed by atoms with Gasteiger partial charge in [0.05, 0.1) is 23.4 Å². The van der Waals surface area contributed by atoms with Gasteiger partial charge in [0, 0.05) is 6.20 Å². The van der Waals surface area contributed by atoms with Gasteiger partial charge in [-0.3, -0.25) is 4.98 Å². The molecule has 2 heterocycles. The van der Waals surface area contributed by atoms with E-state index < -0.39 is 6.10 Å². The lowest BCUT2D eigenvalue weighted by Crippen LogP contribution is -2.16. The summed E-state index contributed by atoms with van der Waals surface area (Å²) in [6.07, 6.45) is 2.55. The summed E-state index contributed by atoms with van der Waals surface area (Å²) in [5.41, 5.74) is 1.84. The highest BCUT2D eigenvalue weighted by molar-refractivity contribution is 6.30. The highest BCUT2D eigenvalue weighted by atomic mass is 35.5. The number of para-hydroxylation sites is 1. The first kappa shape index (κ1) is 13.4. The molecule has 104 valence electrons. The number of pyridine rings is 1. The summed E-state index contributed by atoms with van der Waals surface area (Å²) in [4.78, 5) is 4.19. The number of aromatic nitrogens is 1. The van der Waals surface area contributed by atoms with Crippen molar-refractivity contribution in [2.75, 3.05) is 6.61 Å². The smallest absolute Gasteiger partial charge is 0.122 e. The molecule has 1 aromatic carbocycles. The molecule has 0 amide bonds. The van der Waals surface area contributed by atoms with Crippen molar-refractivity contribution in [1.29, 1.82) is 0 Å². The van der Waals surface area contributed by atoms with Gasteiger partial charge in [-0.05, 0) is 42.5 Å². The Balaban J connectivity index is 1.77. The lowest BCUT2D eigenvalue weighted by atomic mass is 9.87. The molecule has 0 aliphatic carbocycles. The molecular formula is C16H16ClNO2. The van der Waals surface area contributed by atoms with Gasteiger partial charge >= 0.3 is 0 Å². The molecule has 0 radical (unpaired) electrons. The third-order valence-corrected chi connectivity index (χ3v) is 3.91. The second-order valence-corrected chi connectivity index (χ2v) is 5.46. The van der Waals surface area contributed by atoms with Crippen molar-refractivity contribution in [1.82, 2.24) is 4.98 Å². The van der Waals surface area contributed by atoms with Crippen LogP contribution in [0.2, 0.25) is 5.02 Å². The van der Waals surface area contributed by atoms with Crippen LogP contribution in [0, 0.1) is 0 Å². The number of aliphatic hydroxyl groups excluding tert-OH is 1. The number of hydrogen-bond donors (Lipinski definition) is 1. The first-order valence-corrected chi connectivity index (χ1v) is 7.13. The monoisotopic (exact) mass is 289 g/mol. The van der Waals surface area contributed by atoms with Crippen LogP contribution in [-0.4, -0.2) is 16.7 Å². The molecule has 2 unspecified atom stereocenters. The number of aliphatic hydroxyl groups is 1. The topological polar surface area (TPSA) is 42.4 Å². The van der Waals surface area contributed by atoms with Crippen LogP contribution in [0.25, 0.3) is 0 Å². The summed E-state index contributed by atoms with van der Waals surface area (Å²) in [5.74, 6) is 1.23. The van der Waals surface area contributed by atoms with Crippen molar-refractivity contribution in [2.45, 2.75) is 24.9 Å². The molecule has 2 aromatic rings. The van der Waals surface area contributed by atoms with E-state index in [1.165, 1.54) is 5.56 Å². The molecule has 0 bridgehead atoms. The molecule has 0 saturated carbocycles. The summed E-state index contributed by atoms with van der Waals surface area (Å²) in [7, 11) is 0. The van der Waals surface area contributed by atoms with Gasteiger partial charge in [-0.2, -0.15) is 0 Å². The highest BCUT2D eigenvalue weighted by Gasteiger charge is 2.24. The van der Waals surface area contributed by atoms with Crippen molar-refractivity contribution in [2.24, 2.45) is 0 Å². The Bertz CT molecular complexity index is 585. The number of hydrogen-bond acceptors (Lipinski definition) is 3. The zero-order valence-corrected chi connectivity index (χ0v) is 11.8. The average molecular weight is 290 g/mol. The van der Waals surface area contributed by atoms with E-state index >= 15 is 0 Å². The summed E-state index contributed by atoms with van der Waals surface area (Å²) >= 11 is 5.81. The van der Waals surface area contributed by atoms with Gasteiger partial charge in [-0.15, -0.1) is 0 Å². The van der Waals surface area contributed by atoms with E-state index in [9.17, 15) is 5.11 Å². The molecule has 1 N–H and O–H groups in total. The molecule has 20 heavy (non-hydrogen) atoms. The molecule has 3 nitrogen and oxygen atoms in total. The van der Waals surface area contributed by atoms with Gasteiger partial charge in [0.1, 0.15) is 5.75 Å². The van der Waals surface area contributed by atoms with Gasteiger partial charge in [0.25, 0.3) is 0 Å². The van der Waals surface area contributed by atoms with Crippen LogP contribution in [0.15, 0.2) is 42.6 Å². The Morgan fingerprint density at radius 1 is 1.30 bits per heavy atom. The van der Waals surface area contributed by atoms with Gasteiger partial charge in [-0.25, -0.2) is 0 Å². The number of rotatable bonds is 3. The second kappa shape index (κ2) is 5.81. The normalized spacial score (nSPS) is 19.0. The molecule has 0 spiro atoms. The average Bonchev–Trinajstić information content (AvgIpc) is 2.48. The first-order valence-electron chi connectivity index (χ1n) is 6.75. The minimum Gasteiger partial charge on any atom is -0.493 e. The van der Waals surface area contributed by atoms with Gasteiger partial charge in [0.15, 0.2) is 0 Å².